The minimum atomic E-state index is -0.654. The van der Waals surface area contributed by atoms with Crippen molar-refractivity contribution in [3.05, 3.63) is 60.4 Å². The zero-order chi connectivity index (χ0) is 19.6. The lowest BCUT2D eigenvalue weighted by atomic mass is 10.0. The monoisotopic (exact) mass is 374 g/mol. The van der Waals surface area contributed by atoms with E-state index in [0.717, 1.165) is 6.42 Å². The summed E-state index contributed by atoms with van der Waals surface area (Å²) in [6, 6.07) is 11.7. The summed E-state index contributed by atoms with van der Waals surface area (Å²) in [5.74, 6) is 0.0714. The van der Waals surface area contributed by atoms with Crippen LogP contribution in [0.3, 0.4) is 0 Å². The van der Waals surface area contributed by atoms with Gasteiger partial charge in [0.05, 0.1) is 18.8 Å². The molecule has 1 N–H and O–H groups in total. The molecule has 0 bridgehead atoms. The molecule has 0 aliphatic heterocycles. The van der Waals surface area contributed by atoms with Gasteiger partial charge in [-0.1, -0.05) is 25.6 Å². The van der Waals surface area contributed by atoms with E-state index in [1.54, 1.807) is 36.4 Å². The summed E-state index contributed by atoms with van der Waals surface area (Å²) >= 11 is 0. The van der Waals surface area contributed by atoms with Crippen molar-refractivity contribution >= 4 is 5.97 Å². The summed E-state index contributed by atoms with van der Waals surface area (Å²) < 4.78 is 30.1. The first kappa shape index (κ1) is 20.5. The molecule has 2 aromatic rings. The summed E-state index contributed by atoms with van der Waals surface area (Å²) in [6.07, 6.45) is 0.861. The molecule has 2 aromatic carbocycles. The van der Waals surface area contributed by atoms with Crippen LogP contribution in [0, 0.1) is 5.82 Å². The molecule has 0 aliphatic carbocycles. The fourth-order valence-corrected chi connectivity index (χ4v) is 2.23. The Morgan fingerprint density at radius 1 is 1.04 bits per heavy atom. The quantitative estimate of drug-likeness (QED) is 0.390. The number of ether oxygens (including phenoxy) is 3. The highest BCUT2D eigenvalue weighted by molar-refractivity contribution is 5.87. The first-order valence-corrected chi connectivity index (χ1v) is 8.66. The van der Waals surface area contributed by atoms with E-state index >= 15 is 0 Å². The summed E-state index contributed by atoms with van der Waals surface area (Å²) in [7, 11) is 0. The van der Waals surface area contributed by atoms with Gasteiger partial charge >= 0.3 is 5.97 Å². The van der Waals surface area contributed by atoms with Crippen LogP contribution in [-0.4, -0.2) is 37.5 Å². The molecule has 0 aliphatic rings. The van der Waals surface area contributed by atoms with Crippen LogP contribution in [0.1, 0.15) is 13.3 Å². The average Bonchev–Trinajstić information content (AvgIpc) is 2.69. The molecule has 0 radical (unpaired) electrons. The van der Waals surface area contributed by atoms with Crippen molar-refractivity contribution in [2.45, 2.75) is 13.3 Å². The SMILES string of the molecule is C=C(CO)C(=O)OCCOc1ccc(-c2ccc(OCCC)cc2F)cc1. The van der Waals surface area contributed by atoms with Gasteiger partial charge in [0.2, 0.25) is 0 Å². The number of carbonyl (C=O) groups excluding carboxylic acids is 1. The van der Waals surface area contributed by atoms with Crippen molar-refractivity contribution in [1.82, 2.24) is 0 Å². The number of hydrogen-bond donors (Lipinski definition) is 1. The highest BCUT2D eigenvalue weighted by Gasteiger charge is 2.08. The fourth-order valence-electron chi connectivity index (χ4n) is 2.23. The molecule has 2 rings (SSSR count). The highest BCUT2D eigenvalue weighted by Crippen LogP contribution is 2.28. The second-order valence-electron chi connectivity index (χ2n) is 5.76. The normalized spacial score (nSPS) is 10.3. The summed E-state index contributed by atoms with van der Waals surface area (Å²) in [5.41, 5.74) is 1.18. The molecule has 0 heterocycles. The maximum atomic E-state index is 14.3. The Morgan fingerprint density at radius 3 is 2.33 bits per heavy atom. The predicted octanol–water partition coefficient (Wildman–Crippen LogP) is 3.75. The van der Waals surface area contributed by atoms with Crippen LogP contribution in [0.4, 0.5) is 4.39 Å². The van der Waals surface area contributed by atoms with Gasteiger partial charge in [0.1, 0.15) is 30.5 Å². The largest absolute Gasteiger partial charge is 0.494 e. The molecule has 144 valence electrons. The fraction of sp³-hybridized carbons (Fsp3) is 0.286. The van der Waals surface area contributed by atoms with Gasteiger partial charge in [-0.25, -0.2) is 9.18 Å². The second kappa shape index (κ2) is 10.3. The third-order valence-electron chi connectivity index (χ3n) is 3.64. The number of carbonyl (C=O) groups is 1. The van der Waals surface area contributed by atoms with Gasteiger partial charge in [-0.05, 0) is 36.2 Å². The zero-order valence-corrected chi connectivity index (χ0v) is 15.2. The minimum Gasteiger partial charge on any atom is -0.494 e. The van der Waals surface area contributed by atoms with E-state index < -0.39 is 12.6 Å². The molecule has 0 amide bonds. The smallest absolute Gasteiger partial charge is 0.335 e. The maximum Gasteiger partial charge on any atom is 0.335 e. The van der Waals surface area contributed by atoms with Crippen molar-refractivity contribution < 1.29 is 28.5 Å². The van der Waals surface area contributed by atoms with Gasteiger partial charge in [0, 0.05) is 11.6 Å². The molecule has 0 atom stereocenters. The molecule has 0 unspecified atom stereocenters. The Hall–Kier alpha value is -2.86. The van der Waals surface area contributed by atoms with Gasteiger partial charge in [0.15, 0.2) is 0 Å². The summed E-state index contributed by atoms with van der Waals surface area (Å²) in [5, 5.41) is 8.77. The van der Waals surface area contributed by atoms with Crippen molar-refractivity contribution in [3.63, 3.8) is 0 Å². The number of aliphatic hydroxyl groups is 1. The Morgan fingerprint density at radius 2 is 1.70 bits per heavy atom. The zero-order valence-electron chi connectivity index (χ0n) is 15.2. The lowest BCUT2D eigenvalue weighted by Crippen LogP contribution is -2.14. The van der Waals surface area contributed by atoms with Crippen LogP contribution >= 0.6 is 0 Å². The number of aliphatic hydroxyl groups excluding tert-OH is 1. The average molecular weight is 374 g/mol. The van der Waals surface area contributed by atoms with Crippen LogP contribution in [-0.2, 0) is 9.53 Å². The molecule has 0 saturated heterocycles. The first-order chi connectivity index (χ1) is 13.0. The van der Waals surface area contributed by atoms with Crippen LogP contribution in [0.2, 0.25) is 0 Å². The number of halogens is 1. The Labute approximate surface area is 158 Å². The number of rotatable bonds is 10. The molecular formula is C21H23FO5. The number of benzene rings is 2. The van der Waals surface area contributed by atoms with E-state index in [4.69, 9.17) is 19.3 Å². The lowest BCUT2D eigenvalue weighted by molar-refractivity contribution is -0.140. The van der Waals surface area contributed by atoms with Crippen molar-refractivity contribution in [2.24, 2.45) is 0 Å². The minimum absolute atomic E-state index is 0.00695. The van der Waals surface area contributed by atoms with Gasteiger partial charge in [-0.2, -0.15) is 0 Å². The highest BCUT2D eigenvalue weighted by atomic mass is 19.1. The molecular weight excluding hydrogens is 351 g/mol. The van der Waals surface area contributed by atoms with E-state index in [-0.39, 0.29) is 24.6 Å². The maximum absolute atomic E-state index is 14.3. The number of esters is 1. The van der Waals surface area contributed by atoms with Gasteiger partial charge in [-0.3, -0.25) is 0 Å². The first-order valence-electron chi connectivity index (χ1n) is 8.66. The number of hydrogen-bond acceptors (Lipinski definition) is 5. The molecule has 0 fully saturated rings. The Balaban J connectivity index is 1.89. The van der Waals surface area contributed by atoms with Gasteiger partial charge in [-0.15, -0.1) is 0 Å². The summed E-state index contributed by atoms with van der Waals surface area (Å²) in [6.45, 7) is 5.66. The van der Waals surface area contributed by atoms with E-state index in [2.05, 4.69) is 6.58 Å². The predicted molar refractivity (Wildman–Crippen MR) is 100 cm³/mol. The van der Waals surface area contributed by atoms with Crippen LogP contribution in [0.25, 0.3) is 11.1 Å². The van der Waals surface area contributed by atoms with Crippen LogP contribution in [0.15, 0.2) is 54.6 Å². The van der Waals surface area contributed by atoms with Crippen molar-refractivity contribution in [2.75, 3.05) is 26.4 Å². The van der Waals surface area contributed by atoms with E-state index in [9.17, 15) is 9.18 Å². The van der Waals surface area contributed by atoms with E-state index in [1.165, 1.54) is 6.07 Å². The molecule has 0 aromatic heterocycles. The Bertz CT molecular complexity index is 771. The molecule has 0 spiro atoms. The van der Waals surface area contributed by atoms with E-state index in [0.29, 0.717) is 29.2 Å². The van der Waals surface area contributed by atoms with Crippen LogP contribution in [0.5, 0.6) is 11.5 Å². The standard InChI is InChI=1S/C21H23FO5/c1-3-10-25-18-8-9-19(20(22)13-18)16-4-6-17(7-5-16)26-11-12-27-21(24)15(2)14-23/h4-9,13,23H,2-3,10-12,14H2,1H3. The molecule has 5 nitrogen and oxygen atoms in total. The second-order valence-corrected chi connectivity index (χ2v) is 5.76. The van der Waals surface area contributed by atoms with Gasteiger partial charge in [0.25, 0.3) is 0 Å². The summed E-state index contributed by atoms with van der Waals surface area (Å²) in [4.78, 5) is 11.3. The van der Waals surface area contributed by atoms with Crippen molar-refractivity contribution in [1.29, 1.82) is 0 Å². The van der Waals surface area contributed by atoms with E-state index in [1.807, 2.05) is 6.92 Å². The lowest BCUT2D eigenvalue weighted by Gasteiger charge is -2.10. The third-order valence-corrected chi connectivity index (χ3v) is 3.64. The Kier molecular flexibility index (Phi) is 7.82. The molecule has 0 saturated carbocycles. The third kappa shape index (κ3) is 6.11. The topological polar surface area (TPSA) is 65.0 Å². The van der Waals surface area contributed by atoms with Gasteiger partial charge < -0.3 is 19.3 Å². The van der Waals surface area contributed by atoms with Crippen LogP contribution < -0.4 is 9.47 Å². The van der Waals surface area contributed by atoms with Crippen molar-refractivity contribution in [3.8, 4) is 22.6 Å². The molecule has 6 heteroatoms. The molecule has 27 heavy (non-hydrogen) atoms.